The van der Waals surface area contributed by atoms with E-state index in [4.69, 9.17) is 9.16 Å². The maximum absolute atomic E-state index is 10.6. The summed E-state index contributed by atoms with van der Waals surface area (Å²) in [6.07, 6.45) is 3.35. The summed E-state index contributed by atoms with van der Waals surface area (Å²) in [5, 5.41) is 0. The third-order valence-corrected chi connectivity index (χ3v) is 3.78. The minimum atomic E-state index is -0.823. The molecule has 0 aromatic carbocycles. The van der Waals surface area contributed by atoms with Crippen LogP contribution < -0.4 is 0 Å². The van der Waals surface area contributed by atoms with Gasteiger partial charge in [-0.1, -0.05) is 0 Å². The highest BCUT2D eigenvalue weighted by atomic mass is 28.2. The van der Waals surface area contributed by atoms with Gasteiger partial charge in [0.05, 0.1) is 11.3 Å². The van der Waals surface area contributed by atoms with Crippen LogP contribution in [0.4, 0.5) is 0 Å². The minimum Gasteiger partial charge on any atom is -0.522 e. The van der Waals surface area contributed by atoms with E-state index in [1.807, 2.05) is 0 Å². The molecular formula is C9H18O3Si. The molecule has 0 N–H and O–H groups in total. The lowest BCUT2D eigenvalue weighted by Crippen LogP contribution is -2.39. The number of hydrogen-bond donors (Lipinski definition) is 0. The number of ether oxygens (including phenoxy) is 1. The topological polar surface area (TPSA) is 35.5 Å². The highest BCUT2D eigenvalue weighted by Gasteiger charge is 2.29. The second-order valence-electron chi connectivity index (χ2n) is 4.19. The molecule has 1 saturated heterocycles. The van der Waals surface area contributed by atoms with Crippen molar-refractivity contribution < 1.29 is 14.0 Å². The first-order valence-corrected chi connectivity index (χ1v) is 6.20. The Hall–Kier alpha value is -0.353. The first-order valence-electron chi connectivity index (χ1n) is 4.81. The first kappa shape index (κ1) is 10.7. The molecule has 0 aromatic rings. The molecule has 3 nitrogen and oxygen atoms in total. The summed E-state index contributed by atoms with van der Waals surface area (Å²) < 4.78 is 10.9. The zero-order valence-electron chi connectivity index (χ0n) is 8.63. The third-order valence-electron chi connectivity index (χ3n) is 2.26. The van der Waals surface area contributed by atoms with Gasteiger partial charge in [0.15, 0.2) is 0 Å². The van der Waals surface area contributed by atoms with Gasteiger partial charge in [-0.3, -0.25) is 4.79 Å². The Kier molecular flexibility index (Phi) is 3.50. The smallest absolute Gasteiger partial charge is 0.289 e. The Morgan fingerprint density at radius 1 is 1.62 bits per heavy atom. The standard InChI is InChI=1S/C9H18O3Si/c1-7(10)12-13-8-5-4-6-9(2,3)11-8/h8H,4-6,13H2,1-3H3. The second-order valence-corrected chi connectivity index (χ2v) is 5.73. The maximum Gasteiger partial charge on any atom is 0.289 e. The fourth-order valence-corrected chi connectivity index (χ4v) is 3.05. The largest absolute Gasteiger partial charge is 0.522 e. The molecule has 0 spiro atoms. The molecule has 1 atom stereocenters. The van der Waals surface area contributed by atoms with Crippen LogP contribution in [0.2, 0.25) is 0 Å². The fourth-order valence-electron chi connectivity index (χ4n) is 1.65. The van der Waals surface area contributed by atoms with Crippen molar-refractivity contribution in [1.82, 2.24) is 0 Å². The average molecular weight is 202 g/mol. The van der Waals surface area contributed by atoms with Crippen molar-refractivity contribution in [3.8, 4) is 0 Å². The predicted molar refractivity (Wildman–Crippen MR) is 53.1 cm³/mol. The summed E-state index contributed by atoms with van der Waals surface area (Å²) in [6.45, 7) is 5.66. The van der Waals surface area contributed by atoms with Gasteiger partial charge < -0.3 is 9.16 Å². The first-order chi connectivity index (χ1) is 5.99. The Labute approximate surface area is 81.7 Å². The van der Waals surface area contributed by atoms with Crippen LogP contribution in [0.3, 0.4) is 0 Å². The predicted octanol–water partition coefficient (Wildman–Crippen LogP) is 0.939. The van der Waals surface area contributed by atoms with E-state index in [1.54, 1.807) is 0 Å². The monoisotopic (exact) mass is 202 g/mol. The Morgan fingerprint density at radius 3 is 2.85 bits per heavy atom. The molecule has 0 aromatic heterocycles. The summed E-state index contributed by atoms with van der Waals surface area (Å²) in [5.41, 5.74) is 0.212. The SMILES string of the molecule is CC(=O)O[SiH2]C1CCCC(C)(C)O1. The van der Waals surface area contributed by atoms with Crippen LogP contribution in [0.25, 0.3) is 0 Å². The van der Waals surface area contributed by atoms with Gasteiger partial charge in [0.1, 0.15) is 0 Å². The zero-order valence-corrected chi connectivity index (χ0v) is 10.0. The summed E-state index contributed by atoms with van der Waals surface area (Å²) in [7, 11) is -0.823. The van der Waals surface area contributed by atoms with Crippen molar-refractivity contribution in [2.75, 3.05) is 0 Å². The lowest BCUT2D eigenvalue weighted by molar-refractivity contribution is -0.133. The van der Waals surface area contributed by atoms with Gasteiger partial charge in [0, 0.05) is 6.92 Å². The van der Waals surface area contributed by atoms with Gasteiger partial charge >= 0.3 is 0 Å². The highest BCUT2D eigenvalue weighted by Crippen LogP contribution is 2.27. The molecular weight excluding hydrogens is 184 g/mol. The minimum absolute atomic E-state index is 0.0178. The van der Waals surface area contributed by atoms with Gasteiger partial charge in [-0.25, -0.2) is 0 Å². The molecule has 4 heteroatoms. The molecule has 1 rings (SSSR count). The van der Waals surface area contributed by atoms with E-state index in [2.05, 4.69) is 13.8 Å². The lowest BCUT2D eigenvalue weighted by Gasteiger charge is -2.35. The summed E-state index contributed by atoms with van der Waals surface area (Å²) >= 11 is 0. The van der Waals surface area contributed by atoms with Crippen LogP contribution >= 0.6 is 0 Å². The van der Waals surface area contributed by atoms with Crippen LogP contribution in [0.15, 0.2) is 0 Å². The number of rotatable bonds is 2. The third kappa shape index (κ3) is 3.91. The van der Waals surface area contributed by atoms with Crippen LogP contribution in [0.1, 0.15) is 40.0 Å². The lowest BCUT2D eigenvalue weighted by atomic mass is 9.98. The number of carbonyl (C=O) groups excluding carboxylic acids is 1. The maximum atomic E-state index is 10.6. The highest BCUT2D eigenvalue weighted by molar-refractivity contribution is 6.32. The van der Waals surface area contributed by atoms with Gasteiger partial charge in [-0.05, 0) is 33.1 Å². The normalized spacial score (nSPS) is 27.8. The van der Waals surface area contributed by atoms with E-state index < -0.39 is 9.76 Å². The molecule has 0 saturated carbocycles. The van der Waals surface area contributed by atoms with E-state index in [-0.39, 0.29) is 17.3 Å². The second kappa shape index (κ2) is 4.24. The van der Waals surface area contributed by atoms with Crippen LogP contribution in [-0.2, 0) is 14.0 Å². The Bertz CT molecular complexity index is 191. The van der Waals surface area contributed by atoms with Crippen molar-refractivity contribution >= 4 is 15.7 Å². The van der Waals surface area contributed by atoms with E-state index >= 15 is 0 Å². The van der Waals surface area contributed by atoms with E-state index in [1.165, 1.54) is 13.3 Å². The van der Waals surface area contributed by atoms with Crippen LogP contribution in [0, 0.1) is 0 Å². The van der Waals surface area contributed by atoms with Crippen molar-refractivity contribution in [2.24, 2.45) is 0 Å². The van der Waals surface area contributed by atoms with Crippen molar-refractivity contribution in [1.29, 1.82) is 0 Å². The van der Waals surface area contributed by atoms with E-state index in [0.717, 1.165) is 12.8 Å². The molecule has 0 aliphatic carbocycles. The van der Waals surface area contributed by atoms with E-state index in [9.17, 15) is 4.79 Å². The van der Waals surface area contributed by atoms with Crippen molar-refractivity contribution in [2.45, 2.75) is 51.4 Å². The van der Waals surface area contributed by atoms with Crippen molar-refractivity contribution in [3.05, 3.63) is 0 Å². The van der Waals surface area contributed by atoms with E-state index in [0.29, 0.717) is 0 Å². The molecule has 0 amide bonds. The van der Waals surface area contributed by atoms with Gasteiger partial charge in [0.2, 0.25) is 0 Å². The Morgan fingerprint density at radius 2 is 2.31 bits per heavy atom. The van der Waals surface area contributed by atoms with Gasteiger partial charge in [-0.15, -0.1) is 0 Å². The van der Waals surface area contributed by atoms with Crippen LogP contribution in [-0.4, -0.2) is 27.1 Å². The molecule has 13 heavy (non-hydrogen) atoms. The molecule has 1 aliphatic rings. The molecule has 1 fully saturated rings. The molecule has 0 bridgehead atoms. The fraction of sp³-hybridized carbons (Fsp3) is 0.889. The van der Waals surface area contributed by atoms with Gasteiger partial charge in [-0.2, -0.15) is 0 Å². The molecule has 1 unspecified atom stereocenters. The summed E-state index contributed by atoms with van der Waals surface area (Å²) in [4.78, 5) is 10.6. The van der Waals surface area contributed by atoms with Crippen LogP contribution in [0.5, 0.6) is 0 Å². The van der Waals surface area contributed by atoms with Gasteiger partial charge in [0.25, 0.3) is 15.7 Å². The summed E-state index contributed by atoms with van der Waals surface area (Å²) in [6, 6.07) is 0. The molecule has 1 heterocycles. The van der Waals surface area contributed by atoms with Crippen molar-refractivity contribution in [3.63, 3.8) is 0 Å². The summed E-state index contributed by atoms with van der Waals surface area (Å²) in [5.74, 6) is -0.168. The molecule has 76 valence electrons. The molecule has 0 radical (unpaired) electrons. The zero-order chi connectivity index (χ0) is 9.90. The quantitative estimate of drug-likeness (QED) is 0.625. The average Bonchev–Trinajstić information content (AvgIpc) is 1.99. The molecule has 1 aliphatic heterocycles. The number of carbonyl (C=O) groups is 1. The number of hydrogen-bond acceptors (Lipinski definition) is 3. The Balaban J connectivity index is 2.30.